The summed E-state index contributed by atoms with van der Waals surface area (Å²) >= 11 is 12.6. The van der Waals surface area contributed by atoms with Crippen LogP contribution in [0.2, 0.25) is 10.0 Å². The Morgan fingerprint density at radius 1 is 1.12 bits per heavy atom. The van der Waals surface area contributed by atoms with Crippen LogP contribution < -0.4 is 11.1 Å². The van der Waals surface area contributed by atoms with Gasteiger partial charge in [-0.05, 0) is 72.7 Å². The van der Waals surface area contributed by atoms with E-state index in [0.717, 1.165) is 53.1 Å². The van der Waals surface area contributed by atoms with Gasteiger partial charge in [-0.2, -0.15) is 0 Å². The fourth-order valence-corrected chi connectivity index (χ4v) is 4.70. The number of amidine groups is 1. The summed E-state index contributed by atoms with van der Waals surface area (Å²) in [6.07, 6.45) is 4.41. The molecule has 1 aliphatic carbocycles. The van der Waals surface area contributed by atoms with Gasteiger partial charge in [-0.3, -0.25) is 0 Å². The first kappa shape index (κ1) is 17.8. The molecule has 0 amide bonds. The first-order chi connectivity index (χ1) is 12.6. The van der Waals surface area contributed by atoms with Crippen molar-refractivity contribution in [2.24, 2.45) is 16.6 Å². The summed E-state index contributed by atoms with van der Waals surface area (Å²) in [6, 6.07) is 12.2. The molecule has 0 radical (unpaired) electrons. The van der Waals surface area contributed by atoms with E-state index in [0.29, 0.717) is 11.8 Å². The second-order valence-electron chi connectivity index (χ2n) is 7.24. The van der Waals surface area contributed by atoms with Gasteiger partial charge in [0.2, 0.25) is 0 Å². The molecule has 2 atom stereocenters. The standard InChI is InChI=1S/C21H23Cl2N3/c22-15-4-1-3-13(9-15)12-25-8-7-14-10-20-18(11-19(14)23)16-5-2-6-17(16)21(24)26-20/h1,3-4,9-11,16-17,25H,2,5-8,12H2,(H2,24,26). The maximum absolute atomic E-state index is 6.58. The Labute approximate surface area is 164 Å². The van der Waals surface area contributed by atoms with Gasteiger partial charge in [0.25, 0.3) is 0 Å². The number of nitrogens with one attached hydrogen (secondary N) is 1. The summed E-state index contributed by atoms with van der Waals surface area (Å²) < 4.78 is 0. The molecule has 1 aliphatic heterocycles. The van der Waals surface area contributed by atoms with E-state index < -0.39 is 0 Å². The number of fused-ring (bicyclic) bond motifs is 3. The summed E-state index contributed by atoms with van der Waals surface area (Å²) in [5.74, 6) is 1.70. The molecule has 136 valence electrons. The van der Waals surface area contributed by atoms with Crippen molar-refractivity contribution in [3.8, 4) is 0 Å². The number of hydrogen-bond donors (Lipinski definition) is 2. The van der Waals surface area contributed by atoms with Gasteiger partial charge >= 0.3 is 0 Å². The van der Waals surface area contributed by atoms with Crippen molar-refractivity contribution in [2.45, 2.75) is 38.1 Å². The van der Waals surface area contributed by atoms with Crippen molar-refractivity contribution >= 4 is 34.7 Å². The molecule has 0 saturated heterocycles. The highest BCUT2D eigenvalue weighted by atomic mass is 35.5. The smallest absolute Gasteiger partial charge is 0.103 e. The average molecular weight is 388 g/mol. The number of nitrogens with zero attached hydrogens (tertiary/aromatic N) is 1. The van der Waals surface area contributed by atoms with E-state index in [-0.39, 0.29) is 0 Å². The van der Waals surface area contributed by atoms with Crippen molar-refractivity contribution in [3.05, 3.63) is 63.1 Å². The van der Waals surface area contributed by atoms with Crippen LogP contribution >= 0.6 is 23.2 Å². The van der Waals surface area contributed by atoms with Gasteiger partial charge in [-0.25, -0.2) is 4.99 Å². The number of nitrogens with two attached hydrogens (primary N) is 1. The first-order valence-corrected chi connectivity index (χ1v) is 9.99. The molecule has 2 aliphatic rings. The van der Waals surface area contributed by atoms with Crippen molar-refractivity contribution in [1.82, 2.24) is 5.32 Å². The van der Waals surface area contributed by atoms with Gasteiger partial charge in [0.1, 0.15) is 5.84 Å². The average Bonchev–Trinajstić information content (AvgIpc) is 3.11. The fourth-order valence-electron chi connectivity index (χ4n) is 4.22. The van der Waals surface area contributed by atoms with Crippen LogP contribution in [0.4, 0.5) is 5.69 Å². The van der Waals surface area contributed by atoms with Crippen LogP contribution in [0.15, 0.2) is 41.4 Å². The molecular weight excluding hydrogens is 365 g/mol. The van der Waals surface area contributed by atoms with Crippen molar-refractivity contribution in [1.29, 1.82) is 0 Å². The number of hydrogen-bond acceptors (Lipinski definition) is 3. The zero-order valence-corrected chi connectivity index (χ0v) is 16.2. The number of benzene rings is 2. The summed E-state index contributed by atoms with van der Waals surface area (Å²) in [5, 5.41) is 5.06. The van der Waals surface area contributed by atoms with Gasteiger partial charge in [0, 0.05) is 22.5 Å². The third-order valence-electron chi connectivity index (χ3n) is 5.53. The topological polar surface area (TPSA) is 50.4 Å². The Kier molecular flexibility index (Phi) is 5.21. The van der Waals surface area contributed by atoms with Gasteiger partial charge < -0.3 is 11.1 Å². The van der Waals surface area contributed by atoms with E-state index in [1.54, 1.807) is 0 Å². The van der Waals surface area contributed by atoms with Gasteiger partial charge in [0.05, 0.1) is 5.69 Å². The molecule has 2 aromatic carbocycles. The summed E-state index contributed by atoms with van der Waals surface area (Å²) in [6.45, 7) is 1.63. The molecule has 3 N–H and O–H groups in total. The lowest BCUT2D eigenvalue weighted by Crippen LogP contribution is -2.28. The van der Waals surface area contributed by atoms with E-state index in [1.165, 1.54) is 24.0 Å². The lowest BCUT2D eigenvalue weighted by Gasteiger charge is -2.27. The fraction of sp³-hybridized carbons (Fsp3) is 0.381. The van der Waals surface area contributed by atoms with Crippen molar-refractivity contribution in [3.63, 3.8) is 0 Å². The Morgan fingerprint density at radius 2 is 1.96 bits per heavy atom. The molecule has 0 bridgehead atoms. The predicted octanol–water partition coefficient (Wildman–Crippen LogP) is 5.21. The molecule has 1 fully saturated rings. The number of halogens is 2. The third-order valence-corrected chi connectivity index (χ3v) is 6.12. The summed E-state index contributed by atoms with van der Waals surface area (Å²) in [7, 11) is 0. The van der Waals surface area contributed by atoms with Crippen molar-refractivity contribution < 1.29 is 0 Å². The third kappa shape index (κ3) is 3.62. The lowest BCUT2D eigenvalue weighted by atomic mass is 9.84. The van der Waals surface area contributed by atoms with Gasteiger partial charge in [-0.1, -0.05) is 41.8 Å². The normalized spacial score (nSPS) is 21.2. The second kappa shape index (κ2) is 7.59. The van der Waals surface area contributed by atoms with E-state index >= 15 is 0 Å². The molecule has 0 spiro atoms. The monoisotopic (exact) mass is 387 g/mol. The highest BCUT2D eigenvalue weighted by Crippen LogP contribution is 2.47. The van der Waals surface area contributed by atoms with Gasteiger partial charge in [-0.15, -0.1) is 0 Å². The maximum Gasteiger partial charge on any atom is 0.103 e. The number of aliphatic imine (C=N–C) groups is 1. The lowest BCUT2D eigenvalue weighted by molar-refractivity contribution is 0.609. The molecule has 1 heterocycles. The molecule has 0 aromatic heterocycles. The molecule has 5 heteroatoms. The molecule has 3 nitrogen and oxygen atoms in total. The Balaban J connectivity index is 1.43. The Hall–Kier alpha value is -1.55. The quantitative estimate of drug-likeness (QED) is 0.691. The minimum atomic E-state index is 0.406. The minimum absolute atomic E-state index is 0.406. The Morgan fingerprint density at radius 3 is 2.81 bits per heavy atom. The SMILES string of the molecule is NC1=Nc2cc(CCNCc3cccc(Cl)c3)c(Cl)cc2C2CCCC12. The zero-order chi connectivity index (χ0) is 18.1. The van der Waals surface area contributed by atoms with Crippen LogP contribution in [0.1, 0.15) is 41.9 Å². The molecule has 2 aromatic rings. The van der Waals surface area contributed by atoms with Crippen LogP contribution in [-0.4, -0.2) is 12.4 Å². The van der Waals surface area contributed by atoms with Crippen LogP contribution in [0.5, 0.6) is 0 Å². The van der Waals surface area contributed by atoms with Crippen LogP contribution in [0.3, 0.4) is 0 Å². The molecule has 4 rings (SSSR count). The minimum Gasteiger partial charge on any atom is -0.387 e. The van der Waals surface area contributed by atoms with E-state index in [4.69, 9.17) is 28.9 Å². The maximum atomic E-state index is 6.58. The Bertz CT molecular complexity index is 847. The highest BCUT2D eigenvalue weighted by molar-refractivity contribution is 6.31. The molecular formula is C21H23Cl2N3. The van der Waals surface area contributed by atoms with Crippen molar-refractivity contribution in [2.75, 3.05) is 6.54 Å². The van der Waals surface area contributed by atoms with Crippen LogP contribution in [0, 0.1) is 5.92 Å². The summed E-state index contributed by atoms with van der Waals surface area (Å²) in [5.41, 5.74) is 10.8. The molecule has 1 saturated carbocycles. The summed E-state index contributed by atoms with van der Waals surface area (Å²) in [4.78, 5) is 4.68. The highest BCUT2D eigenvalue weighted by Gasteiger charge is 2.36. The largest absolute Gasteiger partial charge is 0.387 e. The van der Waals surface area contributed by atoms with E-state index in [9.17, 15) is 0 Å². The van der Waals surface area contributed by atoms with Crippen LogP contribution in [0.25, 0.3) is 0 Å². The zero-order valence-electron chi connectivity index (χ0n) is 14.6. The van der Waals surface area contributed by atoms with E-state index in [1.807, 2.05) is 18.2 Å². The molecule has 26 heavy (non-hydrogen) atoms. The van der Waals surface area contributed by atoms with Gasteiger partial charge in [0.15, 0.2) is 0 Å². The second-order valence-corrected chi connectivity index (χ2v) is 8.08. The first-order valence-electron chi connectivity index (χ1n) is 9.23. The number of rotatable bonds is 5. The van der Waals surface area contributed by atoms with Crippen LogP contribution in [-0.2, 0) is 13.0 Å². The predicted molar refractivity (Wildman–Crippen MR) is 110 cm³/mol. The molecule has 2 unspecified atom stereocenters. The van der Waals surface area contributed by atoms with E-state index in [2.05, 4.69) is 28.5 Å².